The Labute approximate surface area is 183 Å². The minimum atomic E-state index is -0.977. The maximum Gasteiger partial charge on any atom is 0.253 e. The van der Waals surface area contributed by atoms with E-state index in [1.54, 1.807) is 24.5 Å². The first kappa shape index (κ1) is 22.5. The Bertz CT molecular complexity index is 1020. The standard InChI is InChI=1S/C21H26ClN3O4S/c1-13-11-14(2)24-21(27)17(13)12-23-20(26)16-5-4-6-18(19(16)22)29-15-7-9-25(10-8-15)30(3)28/h4-6,11,15H,7-10,12H2,1-3H3,(H,23,26)(H,24,27). The summed E-state index contributed by atoms with van der Waals surface area (Å²) in [7, 11) is -0.977. The average molecular weight is 452 g/mol. The molecule has 1 amide bonds. The van der Waals surface area contributed by atoms with Crippen LogP contribution in [0.2, 0.25) is 5.02 Å². The molecule has 30 heavy (non-hydrogen) atoms. The van der Waals surface area contributed by atoms with Crippen molar-refractivity contribution >= 4 is 28.5 Å². The molecule has 0 spiro atoms. The van der Waals surface area contributed by atoms with Gasteiger partial charge in [0.2, 0.25) is 0 Å². The van der Waals surface area contributed by atoms with Crippen LogP contribution in [0.3, 0.4) is 0 Å². The van der Waals surface area contributed by atoms with Crippen LogP contribution in [0.25, 0.3) is 0 Å². The van der Waals surface area contributed by atoms with Gasteiger partial charge in [-0.2, -0.15) is 0 Å². The molecule has 2 N–H and O–H groups in total. The average Bonchev–Trinajstić information content (AvgIpc) is 2.69. The lowest BCUT2D eigenvalue weighted by Crippen LogP contribution is -2.38. The molecule has 1 saturated heterocycles. The highest BCUT2D eigenvalue weighted by molar-refractivity contribution is 7.81. The normalized spacial score (nSPS) is 16.3. The molecule has 1 fully saturated rings. The Balaban J connectivity index is 1.67. The molecule has 1 atom stereocenters. The summed E-state index contributed by atoms with van der Waals surface area (Å²) in [5.74, 6) is 0.0748. The number of carbonyl (C=O) groups excluding carboxylic acids is 1. The van der Waals surface area contributed by atoms with Crippen LogP contribution in [0.4, 0.5) is 0 Å². The third-order valence-electron chi connectivity index (χ3n) is 5.19. The van der Waals surface area contributed by atoms with Gasteiger partial charge in [0.1, 0.15) is 11.9 Å². The SMILES string of the molecule is Cc1cc(C)c(CNC(=O)c2cccc(OC3CCN(S(C)=O)CC3)c2Cl)c(=O)[nH]1. The minimum absolute atomic E-state index is 0.0469. The predicted octanol–water partition coefficient (Wildman–Crippen LogP) is 2.71. The van der Waals surface area contributed by atoms with E-state index in [1.807, 2.05) is 24.2 Å². The quantitative estimate of drug-likeness (QED) is 0.706. The largest absolute Gasteiger partial charge is 0.489 e. The molecule has 0 radical (unpaired) electrons. The Kier molecular flexibility index (Phi) is 7.33. The monoisotopic (exact) mass is 451 g/mol. The zero-order chi connectivity index (χ0) is 21.8. The Morgan fingerprint density at radius 3 is 2.67 bits per heavy atom. The molecule has 0 saturated carbocycles. The molecular weight excluding hydrogens is 426 g/mol. The number of nitrogens with zero attached hydrogens (tertiary/aromatic N) is 1. The van der Waals surface area contributed by atoms with Gasteiger partial charge in [-0.3, -0.25) is 9.59 Å². The van der Waals surface area contributed by atoms with E-state index in [2.05, 4.69) is 10.3 Å². The van der Waals surface area contributed by atoms with Crippen LogP contribution in [0.1, 0.15) is 40.0 Å². The third-order valence-corrected chi connectivity index (χ3v) is 6.67. The molecule has 0 bridgehead atoms. The summed E-state index contributed by atoms with van der Waals surface area (Å²) in [6.45, 7) is 5.14. The Morgan fingerprint density at radius 1 is 1.33 bits per heavy atom. The fraction of sp³-hybridized carbons (Fsp3) is 0.429. The van der Waals surface area contributed by atoms with E-state index in [0.717, 1.165) is 24.1 Å². The van der Waals surface area contributed by atoms with E-state index in [0.29, 0.717) is 30.0 Å². The number of carbonyl (C=O) groups is 1. The molecule has 1 aromatic carbocycles. The number of ether oxygens (including phenoxy) is 1. The van der Waals surface area contributed by atoms with Gasteiger partial charge in [0.25, 0.3) is 11.5 Å². The van der Waals surface area contributed by atoms with Crippen LogP contribution >= 0.6 is 11.6 Å². The summed E-state index contributed by atoms with van der Waals surface area (Å²) in [6, 6.07) is 6.94. The van der Waals surface area contributed by atoms with Crippen molar-refractivity contribution < 1.29 is 13.7 Å². The molecular formula is C21H26ClN3O4S. The van der Waals surface area contributed by atoms with Gasteiger partial charge in [0, 0.05) is 37.1 Å². The number of aryl methyl sites for hydroxylation is 2. The first-order chi connectivity index (χ1) is 14.3. The molecule has 1 aromatic heterocycles. The smallest absolute Gasteiger partial charge is 0.253 e. The number of nitrogens with one attached hydrogen (secondary N) is 2. The molecule has 1 unspecified atom stereocenters. The van der Waals surface area contributed by atoms with Crippen molar-refractivity contribution in [3.05, 3.63) is 62.0 Å². The van der Waals surface area contributed by atoms with Crippen LogP contribution < -0.4 is 15.6 Å². The zero-order valence-electron chi connectivity index (χ0n) is 17.3. The number of amides is 1. The number of H-pyrrole nitrogens is 1. The van der Waals surface area contributed by atoms with Crippen LogP contribution in [0.5, 0.6) is 5.75 Å². The van der Waals surface area contributed by atoms with E-state index >= 15 is 0 Å². The summed E-state index contributed by atoms with van der Waals surface area (Å²) in [5.41, 5.74) is 2.19. The number of hydrogen-bond donors (Lipinski definition) is 2. The van der Waals surface area contributed by atoms with Gasteiger partial charge in [0.05, 0.1) is 21.6 Å². The molecule has 162 valence electrons. The van der Waals surface area contributed by atoms with Crippen molar-refractivity contribution in [1.29, 1.82) is 0 Å². The summed E-state index contributed by atoms with van der Waals surface area (Å²) >= 11 is 6.45. The van der Waals surface area contributed by atoms with E-state index in [4.69, 9.17) is 16.3 Å². The highest BCUT2D eigenvalue weighted by Crippen LogP contribution is 2.30. The highest BCUT2D eigenvalue weighted by Gasteiger charge is 2.24. The maximum atomic E-state index is 12.7. The molecule has 2 aromatic rings. The lowest BCUT2D eigenvalue weighted by Gasteiger charge is -2.30. The number of pyridine rings is 1. The van der Waals surface area contributed by atoms with E-state index < -0.39 is 11.0 Å². The van der Waals surface area contributed by atoms with Gasteiger partial charge in [-0.15, -0.1) is 0 Å². The number of halogens is 1. The number of piperidine rings is 1. The fourth-order valence-corrected chi connectivity index (χ4v) is 4.51. The van der Waals surface area contributed by atoms with Crippen molar-refractivity contribution in [3.63, 3.8) is 0 Å². The van der Waals surface area contributed by atoms with Gasteiger partial charge < -0.3 is 15.0 Å². The zero-order valence-corrected chi connectivity index (χ0v) is 18.9. The van der Waals surface area contributed by atoms with Crippen LogP contribution in [0, 0.1) is 13.8 Å². The lowest BCUT2D eigenvalue weighted by atomic mass is 10.1. The van der Waals surface area contributed by atoms with E-state index in [-0.39, 0.29) is 29.1 Å². The summed E-state index contributed by atoms with van der Waals surface area (Å²) in [6.07, 6.45) is 3.10. The van der Waals surface area contributed by atoms with E-state index in [9.17, 15) is 13.8 Å². The summed E-state index contributed by atoms with van der Waals surface area (Å²) in [5, 5.41) is 3.01. The van der Waals surface area contributed by atoms with Crippen molar-refractivity contribution in [2.75, 3.05) is 19.3 Å². The second kappa shape index (κ2) is 9.76. The third kappa shape index (κ3) is 5.30. The van der Waals surface area contributed by atoms with Gasteiger partial charge in [-0.1, -0.05) is 17.7 Å². The molecule has 7 nitrogen and oxygen atoms in total. The van der Waals surface area contributed by atoms with Gasteiger partial charge in [-0.25, -0.2) is 8.51 Å². The molecule has 3 rings (SSSR count). The fourth-order valence-electron chi connectivity index (χ4n) is 3.53. The minimum Gasteiger partial charge on any atom is -0.489 e. The lowest BCUT2D eigenvalue weighted by molar-refractivity contribution is 0.0949. The number of rotatable bonds is 6. The summed E-state index contributed by atoms with van der Waals surface area (Å²) < 4.78 is 19.5. The van der Waals surface area contributed by atoms with Crippen LogP contribution in [-0.4, -0.2) is 44.9 Å². The van der Waals surface area contributed by atoms with Crippen LogP contribution in [-0.2, 0) is 17.5 Å². The van der Waals surface area contributed by atoms with Crippen molar-refractivity contribution in [1.82, 2.24) is 14.6 Å². The first-order valence-corrected chi connectivity index (χ1v) is 11.7. The molecule has 1 aliphatic heterocycles. The molecule has 0 aliphatic carbocycles. The Hall–Kier alpha value is -2.16. The van der Waals surface area contributed by atoms with Gasteiger partial charge >= 0.3 is 0 Å². The van der Waals surface area contributed by atoms with Gasteiger partial charge in [-0.05, 0) is 50.5 Å². The highest BCUT2D eigenvalue weighted by atomic mass is 35.5. The summed E-state index contributed by atoms with van der Waals surface area (Å²) in [4.78, 5) is 27.6. The van der Waals surface area contributed by atoms with Crippen molar-refractivity contribution in [2.24, 2.45) is 0 Å². The van der Waals surface area contributed by atoms with Crippen molar-refractivity contribution in [3.8, 4) is 5.75 Å². The number of aromatic nitrogens is 1. The maximum absolute atomic E-state index is 12.7. The second-order valence-electron chi connectivity index (χ2n) is 7.41. The van der Waals surface area contributed by atoms with Crippen LogP contribution in [0.15, 0.2) is 29.1 Å². The van der Waals surface area contributed by atoms with Crippen molar-refractivity contribution in [2.45, 2.75) is 39.3 Å². The molecule has 2 heterocycles. The topological polar surface area (TPSA) is 91.5 Å². The van der Waals surface area contributed by atoms with E-state index in [1.165, 1.54) is 0 Å². The number of hydrogen-bond acceptors (Lipinski definition) is 4. The van der Waals surface area contributed by atoms with Gasteiger partial charge in [0.15, 0.2) is 0 Å². The number of aromatic amines is 1. The molecule has 1 aliphatic rings. The first-order valence-electron chi connectivity index (χ1n) is 9.77. The second-order valence-corrected chi connectivity index (χ2v) is 9.16. The number of benzene rings is 1. The Morgan fingerprint density at radius 2 is 2.03 bits per heavy atom. The molecule has 9 heteroatoms. The predicted molar refractivity (Wildman–Crippen MR) is 118 cm³/mol.